The van der Waals surface area contributed by atoms with E-state index in [2.05, 4.69) is 10.1 Å². The molecule has 1 aliphatic carbocycles. The highest BCUT2D eigenvalue weighted by Gasteiger charge is 2.38. The van der Waals surface area contributed by atoms with Crippen molar-refractivity contribution in [1.82, 2.24) is 14.6 Å². The zero-order valence-corrected chi connectivity index (χ0v) is 16.4. The average Bonchev–Trinajstić information content (AvgIpc) is 3.38. The summed E-state index contributed by atoms with van der Waals surface area (Å²) in [5.74, 6) is 0.0279. The van der Waals surface area contributed by atoms with Crippen LogP contribution < -0.4 is 4.90 Å². The third kappa shape index (κ3) is 3.83. The molecule has 1 amide bonds. The standard InChI is InChI=1S/C21H21FN4O3/c1-21(2,3)29-20(28)25(16-7-8-16)18-10-17(13-5-4-6-15(22)9-13)24-19-14(12-27)11-23-26(18)19/h4-6,9-12,16H,7-8H2,1-3H3. The van der Waals surface area contributed by atoms with Gasteiger partial charge < -0.3 is 4.74 Å². The summed E-state index contributed by atoms with van der Waals surface area (Å²) in [7, 11) is 0. The minimum Gasteiger partial charge on any atom is -0.443 e. The van der Waals surface area contributed by atoms with Crippen molar-refractivity contribution >= 4 is 23.8 Å². The number of rotatable bonds is 4. The summed E-state index contributed by atoms with van der Waals surface area (Å²) >= 11 is 0. The van der Waals surface area contributed by atoms with E-state index in [0.29, 0.717) is 29.0 Å². The lowest BCUT2D eigenvalue weighted by Gasteiger charge is -2.27. The summed E-state index contributed by atoms with van der Waals surface area (Å²) in [5, 5.41) is 4.25. The normalized spacial score (nSPS) is 14.1. The molecule has 1 aromatic carbocycles. The Labute approximate surface area is 167 Å². The molecule has 3 aromatic rings. The van der Waals surface area contributed by atoms with Gasteiger partial charge in [-0.25, -0.2) is 14.2 Å². The van der Waals surface area contributed by atoms with Crippen molar-refractivity contribution in [3.63, 3.8) is 0 Å². The third-order valence-corrected chi connectivity index (χ3v) is 4.48. The Hall–Kier alpha value is -3.29. The van der Waals surface area contributed by atoms with Crippen LogP contribution in [-0.4, -0.2) is 38.6 Å². The van der Waals surface area contributed by atoms with Crippen molar-refractivity contribution in [3.05, 3.63) is 47.9 Å². The van der Waals surface area contributed by atoms with Crippen molar-refractivity contribution in [2.24, 2.45) is 0 Å². The fraction of sp³-hybridized carbons (Fsp3) is 0.333. The number of benzene rings is 1. The molecule has 1 fully saturated rings. The number of amides is 1. The maximum Gasteiger partial charge on any atom is 0.416 e. The maximum atomic E-state index is 13.8. The van der Waals surface area contributed by atoms with Gasteiger partial charge >= 0.3 is 6.09 Å². The van der Waals surface area contributed by atoms with Gasteiger partial charge in [0.2, 0.25) is 0 Å². The zero-order chi connectivity index (χ0) is 20.8. The molecule has 1 saturated carbocycles. The summed E-state index contributed by atoms with van der Waals surface area (Å²) in [5.41, 5.74) is 0.881. The highest BCUT2D eigenvalue weighted by Crippen LogP contribution is 2.35. The lowest BCUT2D eigenvalue weighted by Crippen LogP contribution is -2.39. The Morgan fingerprint density at radius 3 is 2.69 bits per heavy atom. The van der Waals surface area contributed by atoms with E-state index in [4.69, 9.17) is 4.74 Å². The topological polar surface area (TPSA) is 76.8 Å². The average molecular weight is 396 g/mol. The largest absolute Gasteiger partial charge is 0.443 e. The minimum atomic E-state index is -0.667. The summed E-state index contributed by atoms with van der Waals surface area (Å²) in [4.78, 5) is 30.5. The number of aldehydes is 1. The zero-order valence-electron chi connectivity index (χ0n) is 16.4. The van der Waals surface area contributed by atoms with E-state index in [0.717, 1.165) is 12.8 Å². The molecular formula is C21H21FN4O3. The van der Waals surface area contributed by atoms with Gasteiger partial charge in [0, 0.05) is 17.7 Å². The molecule has 0 N–H and O–H groups in total. The monoisotopic (exact) mass is 396 g/mol. The van der Waals surface area contributed by atoms with Crippen LogP contribution in [0.3, 0.4) is 0 Å². The second-order valence-corrected chi connectivity index (χ2v) is 8.04. The number of hydrogen-bond acceptors (Lipinski definition) is 5. The predicted molar refractivity (Wildman–Crippen MR) is 106 cm³/mol. The van der Waals surface area contributed by atoms with Crippen molar-refractivity contribution < 1.29 is 18.7 Å². The van der Waals surface area contributed by atoms with Crippen LogP contribution in [0.1, 0.15) is 44.0 Å². The second kappa shape index (κ2) is 6.95. The van der Waals surface area contributed by atoms with Gasteiger partial charge in [-0.3, -0.25) is 9.69 Å². The summed E-state index contributed by atoms with van der Waals surface area (Å²) in [6, 6.07) is 7.65. The van der Waals surface area contributed by atoms with Gasteiger partial charge in [-0.05, 0) is 45.7 Å². The van der Waals surface area contributed by atoms with Crippen molar-refractivity contribution in [3.8, 4) is 11.3 Å². The number of aromatic nitrogens is 3. The van der Waals surface area contributed by atoms with Gasteiger partial charge in [-0.1, -0.05) is 12.1 Å². The molecule has 150 valence electrons. The highest BCUT2D eigenvalue weighted by molar-refractivity contribution is 5.91. The number of nitrogens with zero attached hydrogens (tertiary/aromatic N) is 4. The van der Waals surface area contributed by atoms with Crippen LogP contribution in [0.4, 0.5) is 15.0 Å². The SMILES string of the molecule is CC(C)(C)OC(=O)N(c1cc(-c2cccc(F)c2)nc2c(C=O)cnn12)C1CC1. The summed E-state index contributed by atoms with van der Waals surface area (Å²) in [6.07, 6.45) is 3.22. The van der Waals surface area contributed by atoms with Crippen LogP contribution in [0.15, 0.2) is 36.5 Å². The first-order chi connectivity index (χ1) is 13.8. The van der Waals surface area contributed by atoms with E-state index in [-0.39, 0.29) is 11.6 Å². The molecule has 0 atom stereocenters. The molecule has 0 bridgehead atoms. The van der Waals surface area contributed by atoms with Gasteiger partial charge in [0.25, 0.3) is 0 Å². The van der Waals surface area contributed by atoms with Crippen molar-refractivity contribution in [2.45, 2.75) is 45.3 Å². The fourth-order valence-corrected chi connectivity index (χ4v) is 3.09. The fourth-order valence-electron chi connectivity index (χ4n) is 3.09. The first kappa shape index (κ1) is 19.0. The first-order valence-corrected chi connectivity index (χ1v) is 9.39. The van der Waals surface area contributed by atoms with Gasteiger partial charge in [0.15, 0.2) is 11.9 Å². The lowest BCUT2D eigenvalue weighted by atomic mass is 10.1. The van der Waals surface area contributed by atoms with Gasteiger partial charge in [0.1, 0.15) is 17.2 Å². The third-order valence-electron chi connectivity index (χ3n) is 4.48. The van der Waals surface area contributed by atoms with E-state index < -0.39 is 17.5 Å². The molecule has 0 aliphatic heterocycles. The maximum absolute atomic E-state index is 13.8. The van der Waals surface area contributed by atoms with Gasteiger partial charge in [0.05, 0.1) is 17.5 Å². The van der Waals surface area contributed by atoms with Crippen LogP contribution in [0.5, 0.6) is 0 Å². The number of anilines is 1. The number of carbonyl (C=O) groups is 2. The molecule has 0 spiro atoms. The number of halogens is 1. The van der Waals surface area contributed by atoms with E-state index in [9.17, 15) is 14.0 Å². The number of ether oxygens (including phenoxy) is 1. The summed E-state index contributed by atoms with van der Waals surface area (Å²) in [6.45, 7) is 5.40. The Morgan fingerprint density at radius 2 is 2.07 bits per heavy atom. The van der Waals surface area contributed by atoms with E-state index >= 15 is 0 Å². The Kier molecular flexibility index (Phi) is 4.56. The smallest absolute Gasteiger partial charge is 0.416 e. The van der Waals surface area contributed by atoms with Gasteiger partial charge in [-0.2, -0.15) is 9.61 Å². The predicted octanol–water partition coefficient (Wildman–Crippen LogP) is 4.25. The highest BCUT2D eigenvalue weighted by atomic mass is 19.1. The van der Waals surface area contributed by atoms with Crippen LogP contribution in [0.25, 0.3) is 16.9 Å². The first-order valence-electron chi connectivity index (χ1n) is 9.39. The number of carbonyl (C=O) groups excluding carboxylic acids is 2. The van der Waals surface area contributed by atoms with Crippen LogP contribution >= 0.6 is 0 Å². The lowest BCUT2D eigenvalue weighted by molar-refractivity contribution is 0.0576. The molecule has 0 saturated heterocycles. The molecule has 0 unspecified atom stereocenters. The minimum absolute atomic E-state index is 0.0281. The summed E-state index contributed by atoms with van der Waals surface area (Å²) < 4.78 is 20.8. The van der Waals surface area contributed by atoms with E-state index in [1.807, 2.05) is 0 Å². The number of hydrogen-bond donors (Lipinski definition) is 0. The number of fused-ring (bicyclic) bond motifs is 1. The molecule has 1 aliphatic rings. The molecule has 2 heterocycles. The Balaban J connectivity index is 1.91. The van der Waals surface area contributed by atoms with Crippen LogP contribution in [0, 0.1) is 5.82 Å². The Bertz CT molecular complexity index is 1100. The molecule has 0 radical (unpaired) electrons. The molecule has 7 nitrogen and oxygen atoms in total. The van der Waals surface area contributed by atoms with E-state index in [1.165, 1.54) is 22.8 Å². The molecular weight excluding hydrogens is 375 g/mol. The quantitative estimate of drug-likeness (QED) is 0.616. The second-order valence-electron chi connectivity index (χ2n) is 8.04. The van der Waals surface area contributed by atoms with Crippen molar-refractivity contribution in [2.75, 3.05) is 4.90 Å². The van der Waals surface area contributed by atoms with Crippen LogP contribution in [-0.2, 0) is 4.74 Å². The van der Waals surface area contributed by atoms with Gasteiger partial charge in [-0.15, -0.1) is 0 Å². The molecule has 2 aromatic heterocycles. The molecule has 29 heavy (non-hydrogen) atoms. The van der Waals surface area contributed by atoms with Crippen LogP contribution in [0.2, 0.25) is 0 Å². The Morgan fingerprint density at radius 1 is 1.31 bits per heavy atom. The molecule has 4 rings (SSSR count). The van der Waals surface area contributed by atoms with E-state index in [1.54, 1.807) is 43.9 Å². The van der Waals surface area contributed by atoms with Crippen molar-refractivity contribution in [1.29, 1.82) is 0 Å². The molecule has 8 heteroatoms.